The summed E-state index contributed by atoms with van der Waals surface area (Å²) in [6, 6.07) is 19.6. The Morgan fingerprint density at radius 2 is 1.94 bits per heavy atom. The lowest BCUT2D eigenvalue weighted by atomic mass is 10.0. The molecule has 1 unspecified atom stereocenters. The van der Waals surface area contributed by atoms with Gasteiger partial charge in [0.05, 0.1) is 24.9 Å². The summed E-state index contributed by atoms with van der Waals surface area (Å²) in [4.78, 5) is 28.3. The predicted molar refractivity (Wildman–Crippen MR) is 122 cm³/mol. The first-order chi connectivity index (χ1) is 15.6. The van der Waals surface area contributed by atoms with Crippen molar-refractivity contribution in [3.8, 4) is 17.0 Å². The summed E-state index contributed by atoms with van der Waals surface area (Å²) < 4.78 is 10.9. The molecule has 2 heterocycles. The number of hydrogen-bond donors (Lipinski definition) is 1. The van der Waals surface area contributed by atoms with Crippen molar-refractivity contribution in [1.29, 1.82) is 0 Å². The molecule has 1 N–H and O–H groups in total. The second-order valence-corrected chi connectivity index (χ2v) is 7.80. The fourth-order valence-electron chi connectivity index (χ4n) is 3.86. The van der Waals surface area contributed by atoms with Crippen LogP contribution in [0.25, 0.3) is 11.3 Å². The third-order valence-electron chi connectivity index (χ3n) is 5.53. The van der Waals surface area contributed by atoms with Gasteiger partial charge in [0.2, 0.25) is 5.91 Å². The van der Waals surface area contributed by atoms with E-state index in [-0.39, 0.29) is 12.0 Å². The van der Waals surface area contributed by atoms with Crippen molar-refractivity contribution in [2.45, 2.75) is 31.8 Å². The van der Waals surface area contributed by atoms with Crippen LogP contribution in [0.3, 0.4) is 0 Å². The molecular formula is C26H26N2O4. The minimum Gasteiger partial charge on any atom is -0.487 e. The molecule has 2 aromatic carbocycles. The summed E-state index contributed by atoms with van der Waals surface area (Å²) in [7, 11) is 1.34. The number of carbonyl (C=O) groups is 2. The van der Waals surface area contributed by atoms with Gasteiger partial charge >= 0.3 is 5.97 Å². The van der Waals surface area contributed by atoms with Crippen molar-refractivity contribution < 1.29 is 19.1 Å². The smallest absolute Gasteiger partial charge is 0.339 e. The highest BCUT2D eigenvalue weighted by atomic mass is 16.5. The quantitative estimate of drug-likeness (QED) is 0.547. The molecule has 32 heavy (non-hydrogen) atoms. The number of benzene rings is 2. The lowest BCUT2D eigenvalue weighted by molar-refractivity contribution is -0.121. The van der Waals surface area contributed by atoms with Gasteiger partial charge in [0.1, 0.15) is 11.9 Å². The van der Waals surface area contributed by atoms with Crippen molar-refractivity contribution in [2.75, 3.05) is 13.7 Å². The number of methoxy groups -OCH3 is 1. The Kier molecular flexibility index (Phi) is 6.80. The number of para-hydroxylation sites is 1. The van der Waals surface area contributed by atoms with Gasteiger partial charge in [-0.2, -0.15) is 0 Å². The van der Waals surface area contributed by atoms with Crippen LogP contribution in [0.15, 0.2) is 66.9 Å². The van der Waals surface area contributed by atoms with Crippen LogP contribution in [-0.4, -0.2) is 36.6 Å². The Morgan fingerprint density at radius 1 is 1.09 bits per heavy atom. The largest absolute Gasteiger partial charge is 0.487 e. The van der Waals surface area contributed by atoms with Crippen LogP contribution in [-0.2, 0) is 22.4 Å². The normalized spacial score (nSPS) is 14.3. The zero-order valence-electron chi connectivity index (χ0n) is 18.0. The lowest BCUT2D eigenvalue weighted by Gasteiger charge is -2.13. The SMILES string of the molecule is COC(=O)c1ccc(-c2cccc3c2OC(CNC(=O)CCCc2ccccc2)C3)nc1. The highest BCUT2D eigenvalue weighted by Crippen LogP contribution is 2.37. The monoisotopic (exact) mass is 430 g/mol. The lowest BCUT2D eigenvalue weighted by Crippen LogP contribution is -2.34. The molecule has 6 heteroatoms. The summed E-state index contributed by atoms with van der Waals surface area (Å²) >= 11 is 0. The number of esters is 1. The molecule has 0 radical (unpaired) electrons. The summed E-state index contributed by atoms with van der Waals surface area (Å²) in [5.41, 5.74) is 4.33. The molecule has 1 aliphatic heterocycles. The predicted octanol–water partition coefficient (Wildman–Crippen LogP) is 3.98. The number of ether oxygens (including phenoxy) is 2. The van der Waals surface area contributed by atoms with Gasteiger partial charge in [-0.25, -0.2) is 4.79 Å². The van der Waals surface area contributed by atoms with Crippen molar-refractivity contribution in [3.63, 3.8) is 0 Å². The molecule has 164 valence electrons. The zero-order valence-corrected chi connectivity index (χ0v) is 18.0. The number of rotatable bonds is 8. The van der Waals surface area contributed by atoms with E-state index < -0.39 is 5.97 Å². The highest BCUT2D eigenvalue weighted by molar-refractivity contribution is 5.89. The minimum absolute atomic E-state index is 0.0424. The van der Waals surface area contributed by atoms with Crippen LogP contribution in [0.2, 0.25) is 0 Å². The van der Waals surface area contributed by atoms with E-state index in [1.165, 1.54) is 18.9 Å². The van der Waals surface area contributed by atoms with E-state index in [0.29, 0.717) is 18.5 Å². The van der Waals surface area contributed by atoms with Gasteiger partial charge in [-0.3, -0.25) is 9.78 Å². The molecule has 0 bridgehead atoms. The maximum atomic E-state index is 12.2. The summed E-state index contributed by atoms with van der Waals surface area (Å²) in [6.07, 6.45) is 4.33. The molecule has 0 saturated carbocycles. The molecule has 0 spiro atoms. The number of aryl methyl sites for hydroxylation is 1. The van der Waals surface area contributed by atoms with E-state index in [4.69, 9.17) is 9.47 Å². The van der Waals surface area contributed by atoms with Gasteiger partial charge < -0.3 is 14.8 Å². The summed E-state index contributed by atoms with van der Waals surface area (Å²) in [5, 5.41) is 3.00. The Balaban J connectivity index is 1.31. The minimum atomic E-state index is -0.418. The van der Waals surface area contributed by atoms with Crippen molar-refractivity contribution in [3.05, 3.63) is 83.6 Å². The molecule has 1 amide bonds. The third-order valence-corrected chi connectivity index (χ3v) is 5.53. The van der Waals surface area contributed by atoms with Crippen LogP contribution < -0.4 is 10.1 Å². The number of aromatic nitrogens is 1. The fraction of sp³-hybridized carbons (Fsp3) is 0.269. The summed E-state index contributed by atoms with van der Waals surface area (Å²) in [6.45, 7) is 0.465. The Labute approximate surface area is 187 Å². The molecule has 1 aromatic heterocycles. The molecule has 1 aliphatic rings. The maximum Gasteiger partial charge on any atom is 0.339 e. The molecule has 0 saturated heterocycles. The van der Waals surface area contributed by atoms with E-state index in [0.717, 1.165) is 41.8 Å². The van der Waals surface area contributed by atoms with Gasteiger partial charge in [-0.05, 0) is 42.2 Å². The average molecular weight is 431 g/mol. The van der Waals surface area contributed by atoms with Crippen LogP contribution in [0.1, 0.15) is 34.3 Å². The van der Waals surface area contributed by atoms with Gasteiger partial charge in [0.15, 0.2) is 0 Å². The van der Waals surface area contributed by atoms with Crippen LogP contribution >= 0.6 is 0 Å². The van der Waals surface area contributed by atoms with Crippen LogP contribution in [0.5, 0.6) is 5.75 Å². The molecular weight excluding hydrogens is 404 g/mol. The fourth-order valence-corrected chi connectivity index (χ4v) is 3.86. The molecule has 0 aliphatic carbocycles. The Bertz CT molecular complexity index is 1080. The van der Waals surface area contributed by atoms with E-state index >= 15 is 0 Å². The number of amides is 1. The number of nitrogens with zero attached hydrogens (tertiary/aromatic N) is 1. The van der Waals surface area contributed by atoms with Crippen LogP contribution in [0.4, 0.5) is 0 Å². The molecule has 4 rings (SSSR count). The molecule has 3 aromatic rings. The van der Waals surface area contributed by atoms with Gasteiger partial charge in [-0.15, -0.1) is 0 Å². The van der Waals surface area contributed by atoms with Gasteiger partial charge in [0, 0.05) is 24.6 Å². The highest BCUT2D eigenvalue weighted by Gasteiger charge is 2.26. The zero-order chi connectivity index (χ0) is 22.3. The maximum absolute atomic E-state index is 12.2. The first-order valence-corrected chi connectivity index (χ1v) is 10.8. The third kappa shape index (κ3) is 5.14. The number of hydrogen-bond acceptors (Lipinski definition) is 5. The number of pyridine rings is 1. The first kappa shape index (κ1) is 21.6. The standard InChI is InChI=1S/C26H26N2O4/c1-31-26(30)20-13-14-23(27-16-20)22-11-6-10-19-15-21(32-25(19)22)17-28-24(29)12-5-9-18-7-3-2-4-8-18/h2-4,6-8,10-11,13-14,16,21H,5,9,12,15,17H2,1H3,(H,28,29). The average Bonchev–Trinajstić information content (AvgIpc) is 3.26. The van der Waals surface area contributed by atoms with Crippen molar-refractivity contribution in [1.82, 2.24) is 10.3 Å². The number of nitrogens with one attached hydrogen (secondary N) is 1. The Morgan fingerprint density at radius 3 is 2.69 bits per heavy atom. The molecule has 0 fully saturated rings. The van der Waals surface area contributed by atoms with Crippen LogP contribution in [0, 0.1) is 0 Å². The number of carbonyl (C=O) groups excluding carboxylic acids is 2. The topological polar surface area (TPSA) is 77.5 Å². The van der Waals surface area contributed by atoms with E-state index in [1.807, 2.05) is 36.4 Å². The van der Waals surface area contributed by atoms with Crippen molar-refractivity contribution >= 4 is 11.9 Å². The van der Waals surface area contributed by atoms with E-state index in [1.54, 1.807) is 12.1 Å². The van der Waals surface area contributed by atoms with E-state index in [2.05, 4.69) is 22.4 Å². The Hall–Kier alpha value is -3.67. The van der Waals surface area contributed by atoms with Gasteiger partial charge in [0.25, 0.3) is 0 Å². The number of fused-ring (bicyclic) bond motifs is 1. The molecule has 6 nitrogen and oxygen atoms in total. The van der Waals surface area contributed by atoms with Gasteiger partial charge in [-0.1, -0.05) is 42.5 Å². The second-order valence-electron chi connectivity index (χ2n) is 7.80. The van der Waals surface area contributed by atoms with E-state index in [9.17, 15) is 9.59 Å². The molecule has 1 atom stereocenters. The second kappa shape index (κ2) is 10.1. The first-order valence-electron chi connectivity index (χ1n) is 10.8. The van der Waals surface area contributed by atoms with Crippen molar-refractivity contribution in [2.24, 2.45) is 0 Å². The summed E-state index contributed by atoms with van der Waals surface area (Å²) in [5.74, 6) is 0.410.